The minimum Gasteiger partial charge on any atom is -0.462 e. The lowest BCUT2D eigenvalue weighted by Gasteiger charge is -2.21. The lowest BCUT2D eigenvalue weighted by molar-refractivity contribution is -0.161. The van der Waals surface area contributed by atoms with Gasteiger partial charge in [-0.25, -0.2) is 9.13 Å². The Morgan fingerprint density at radius 3 is 0.780 bits per heavy atom. The topological polar surface area (TPSA) is 237 Å². The third-order valence-electron chi connectivity index (χ3n) is 17.4. The van der Waals surface area contributed by atoms with E-state index in [9.17, 15) is 43.2 Å². The van der Waals surface area contributed by atoms with Gasteiger partial charge in [-0.15, -0.1) is 0 Å². The van der Waals surface area contributed by atoms with Crippen molar-refractivity contribution in [1.29, 1.82) is 0 Å². The molecule has 91 heavy (non-hydrogen) atoms. The number of aliphatic hydroxyl groups excluding tert-OH is 1. The second-order valence-corrected chi connectivity index (χ2v) is 29.4. The maximum absolute atomic E-state index is 13.0. The Balaban J connectivity index is 5.26. The summed E-state index contributed by atoms with van der Waals surface area (Å²) in [6, 6.07) is 0. The highest BCUT2D eigenvalue weighted by atomic mass is 31.2. The van der Waals surface area contributed by atoms with Gasteiger partial charge in [-0.2, -0.15) is 0 Å². The molecule has 0 bridgehead atoms. The number of esters is 4. The number of hydrogen-bond acceptors (Lipinski definition) is 15. The second-order valence-electron chi connectivity index (χ2n) is 26.5. The van der Waals surface area contributed by atoms with Crippen LogP contribution in [0.4, 0.5) is 0 Å². The fourth-order valence-electron chi connectivity index (χ4n) is 10.9. The molecular weight excluding hydrogens is 1200 g/mol. The monoisotopic (exact) mass is 1340 g/mol. The SMILES string of the molecule is CCCCCCCCCCCCCCCCCC(=O)O[C@H](COC(=O)CCCCCCCCCCCCC(C)CC)COP(=O)(O)OC[C@@H](O)COP(=O)(O)OC[C@@H](COC(=O)CCCCCCCCCCCC)OC(=O)CCCCCCCCCCC(C)CC. The van der Waals surface area contributed by atoms with E-state index in [4.69, 9.17) is 37.0 Å². The van der Waals surface area contributed by atoms with Crippen LogP contribution >= 0.6 is 15.6 Å². The zero-order chi connectivity index (χ0) is 67.2. The quantitative estimate of drug-likeness (QED) is 0.0222. The van der Waals surface area contributed by atoms with E-state index in [-0.39, 0.29) is 25.7 Å². The lowest BCUT2D eigenvalue weighted by atomic mass is 9.99. The van der Waals surface area contributed by atoms with Gasteiger partial charge < -0.3 is 33.8 Å². The van der Waals surface area contributed by atoms with Crippen molar-refractivity contribution >= 4 is 39.5 Å². The third-order valence-corrected chi connectivity index (χ3v) is 19.3. The molecule has 0 rings (SSSR count). The van der Waals surface area contributed by atoms with E-state index in [1.165, 1.54) is 186 Å². The average molecular weight is 1340 g/mol. The number of rotatable bonds is 71. The number of phosphoric ester groups is 2. The van der Waals surface area contributed by atoms with Gasteiger partial charge in [-0.05, 0) is 37.5 Å². The molecule has 0 radical (unpaired) electrons. The standard InChI is InChI=1S/C72H140O17P2/c1-7-11-13-15-17-19-21-22-23-24-25-31-38-44-50-56-71(76)88-67(60-83-70(75)55-49-43-37-30-27-26-28-34-40-46-52-64(5)9-3)62-86-90(78,79)84-58-66(73)59-85-91(80,81)87-63-68(61-82-69(74)54-48-42-36-29-20-18-16-14-12-8-2)89-72(77)57-51-45-39-33-32-35-41-47-53-65(6)10-4/h64-68,73H,7-63H2,1-6H3,(H,78,79)(H,80,81)/t64?,65?,66-,67-,68-/m1/s1. The minimum atomic E-state index is -4.95. The number of unbranched alkanes of at least 4 members (excludes halogenated alkanes) is 39. The van der Waals surface area contributed by atoms with Gasteiger partial charge in [0.15, 0.2) is 12.2 Å². The Morgan fingerprint density at radius 2 is 0.527 bits per heavy atom. The molecule has 4 unspecified atom stereocenters. The van der Waals surface area contributed by atoms with E-state index < -0.39 is 97.5 Å². The first-order valence-corrected chi connectivity index (χ1v) is 40.6. The Labute approximate surface area is 556 Å². The van der Waals surface area contributed by atoms with Crippen LogP contribution in [0.3, 0.4) is 0 Å². The van der Waals surface area contributed by atoms with Crippen molar-refractivity contribution in [2.75, 3.05) is 39.6 Å². The number of carbonyl (C=O) groups excluding carboxylic acids is 4. The molecule has 0 aromatic rings. The van der Waals surface area contributed by atoms with Crippen LogP contribution in [-0.4, -0.2) is 96.7 Å². The Hall–Kier alpha value is -1.94. The Morgan fingerprint density at radius 1 is 0.308 bits per heavy atom. The van der Waals surface area contributed by atoms with Crippen LogP contribution in [-0.2, 0) is 65.4 Å². The number of ether oxygens (including phenoxy) is 4. The molecule has 0 aliphatic heterocycles. The van der Waals surface area contributed by atoms with Crippen molar-refractivity contribution in [3.63, 3.8) is 0 Å². The summed E-state index contributed by atoms with van der Waals surface area (Å²) in [5.74, 6) is -0.542. The lowest BCUT2D eigenvalue weighted by Crippen LogP contribution is -2.30. The van der Waals surface area contributed by atoms with Gasteiger partial charge in [-0.3, -0.25) is 37.3 Å². The van der Waals surface area contributed by atoms with Crippen molar-refractivity contribution in [2.45, 2.75) is 387 Å². The summed E-state index contributed by atoms with van der Waals surface area (Å²) < 4.78 is 68.4. The summed E-state index contributed by atoms with van der Waals surface area (Å²) >= 11 is 0. The van der Waals surface area contributed by atoms with Crippen LogP contribution in [0, 0.1) is 11.8 Å². The number of aliphatic hydroxyl groups is 1. The van der Waals surface area contributed by atoms with Gasteiger partial charge in [0.2, 0.25) is 0 Å². The summed E-state index contributed by atoms with van der Waals surface area (Å²) in [7, 11) is -9.90. The van der Waals surface area contributed by atoms with Crippen molar-refractivity contribution < 1.29 is 80.2 Å². The summed E-state index contributed by atoms with van der Waals surface area (Å²) in [4.78, 5) is 72.6. The van der Waals surface area contributed by atoms with E-state index in [2.05, 4.69) is 41.5 Å². The fourth-order valence-corrected chi connectivity index (χ4v) is 12.5. The van der Waals surface area contributed by atoms with Crippen LogP contribution in [0.15, 0.2) is 0 Å². The molecule has 0 spiro atoms. The predicted octanol–water partition coefficient (Wildman–Crippen LogP) is 20.8. The first kappa shape index (κ1) is 89.1. The van der Waals surface area contributed by atoms with Crippen molar-refractivity contribution in [2.24, 2.45) is 11.8 Å². The van der Waals surface area contributed by atoms with E-state index in [0.717, 1.165) is 102 Å². The van der Waals surface area contributed by atoms with Crippen molar-refractivity contribution in [1.82, 2.24) is 0 Å². The highest BCUT2D eigenvalue weighted by molar-refractivity contribution is 7.47. The second kappa shape index (κ2) is 64.1. The highest BCUT2D eigenvalue weighted by Gasteiger charge is 2.30. The zero-order valence-corrected chi connectivity index (χ0v) is 60.9. The van der Waals surface area contributed by atoms with E-state index in [1.54, 1.807) is 0 Å². The van der Waals surface area contributed by atoms with E-state index >= 15 is 0 Å². The largest absolute Gasteiger partial charge is 0.472 e. The summed E-state index contributed by atoms with van der Waals surface area (Å²) in [5.41, 5.74) is 0. The van der Waals surface area contributed by atoms with Crippen LogP contribution in [0.25, 0.3) is 0 Å². The maximum atomic E-state index is 13.0. The van der Waals surface area contributed by atoms with Crippen LogP contribution in [0.2, 0.25) is 0 Å². The van der Waals surface area contributed by atoms with Crippen molar-refractivity contribution in [3.05, 3.63) is 0 Å². The molecular formula is C72H140O17P2. The molecule has 0 aromatic heterocycles. The first-order chi connectivity index (χ1) is 43.9. The Bertz CT molecular complexity index is 1770. The van der Waals surface area contributed by atoms with Gasteiger partial charge >= 0.3 is 39.5 Å². The van der Waals surface area contributed by atoms with Gasteiger partial charge in [0.25, 0.3) is 0 Å². The zero-order valence-electron chi connectivity index (χ0n) is 59.1. The summed E-state index contributed by atoms with van der Waals surface area (Å²) in [5, 5.41) is 10.6. The molecule has 0 aromatic carbocycles. The van der Waals surface area contributed by atoms with Crippen LogP contribution in [0.1, 0.15) is 369 Å². The third kappa shape index (κ3) is 63.9. The highest BCUT2D eigenvalue weighted by Crippen LogP contribution is 2.45. The first-order valence-electron chi connectivity index (χ1n) is 37.6. The van der Waals surface area contributed by atoms with Gasteiger partial charge in [0, 0.05) is 25.7 Å². The molecule has 19 heteroatoms. The normalized spacial score (nSPS) is 14.7. The van der Waals surface area contributed by atoms with Crippen LogP contribution < -0.4 is 0 Å². The summed E-state index contributed by atoms with van der Waals surface area (Å²) in [6.45, 7) is 9.59. The number of phosphoric acid groups is 2. The molecule has 0 amide bonds. The molecule has 7 atom stereocenters. The van der Waals surface area contributed by atoms with Gasteiger partial charge in [0.05, 0.1) is 26.4 Å². The fraction of sp³-hybridized carbons (Fsp3) is 0.944. The van der Waals surface area contributed by atoms with Crippen molar-refractivity contribution in [3.8, 4) is 0 Å². The smallest absolute Gasteiger partial charge is 0.462 e. The molecule has 17 nitrogen and oxygen atoms in total. The molecule has 3 N–H and O–H groups in total. The molecule has 540 valence electrons. The average Bonchev–Trinajstić information content (AvgIpc) is 3.64. The van der Waals surface area contributed by atoms with Gasteiger partial charge in [0.1, 0.15) is 19.3 Å². The Kier molecular flexibility index (Phi) is 62.7. The summed E-state index contributed by atoms with van der Waals surface area (Å²) in [6.07, 6.45) is 49.7. The molecule has 0 aliphatic rings. The van der Waals surface area contributed by atoms with E-state index in [1.807, 2.05) is 0 Å². The number of hydrogen-bond donors (Lipinski definition) is 3. The minimum absolute atomic E-state index is 0.105. The van der Waals surface area contributed by atoms with E-state index in [0.29, 0.717) is 25.7 Å². The number of carbonyl (C=O) groups is 4. The molecule has 0 heterocycles. The van der Waals surface area contributed by atoms with Gasteiger partial charge in [-0.1, -0.05) is 318 Å². The van der Waals surface area contributed by atoms with Crippen LogP contribution in [0.5, 0.6) is 0 Å². The molecule has 0 aliphatic carbocycles. The molecule has 0 saturated heterocycles. The maximum Gasteiger partial charge on any atom is 0.472 e. The predicted molar refractivity (Wildman–Crippen MR) is 368 cm³/mol. The molecule has 0 fully saturated rings. The molecule has 0 saturated carbocycles.